The Morgan fingerprint density at radius 2 is 1.79 bits per heavy atom. The predicted molar refractivity (Wildman–Crippen MR) is 109 cm³/mol. The summed E-state index contributed by atoms with van der Waals surface area (Å²) in [6.07, 6.45) is 9.64. The zero-order valence-electron chi connectivity index (χ0n) is 16.4. The number of carbonyl (C=O) groups is 1. The summed E-state index contributed by atoms with van der Waals surface area (Å²) in [7, 11) is 0. The minimum absolute atomic E-state index is 0.0981. The summed E-state index contributed by atoms with van der Waals surface area (Å²) in [5.41, 5.74) is 8.87. The van der Waals surface area contributed by atoms with E-state index in [4.69, 9.17) is 10.5 Å². The Morgan fingerprint density at radius 1 is 1.11 bits per heavy atom. The summed E-state index contributed by atoms with van der Waals surface area (Å²) in [4.78, 5) is 20.3. The number of nitrogens with zero attached hydrogens (tertiary/aromatic N) is 2. The highest BCUT2D eigenvalue weighted by atomic mass is 16.5. The number of aromatic nitrogens is 2. The fourth-order valence-electron chi connectivity index (χ4n) is 4.67. The van der Waals surface area contributed by atoms with E-state index in [-0.39, 0.29) is 16.7 Å². The second-order valence-electron chi connectivity index (χ2n) is 8.27. The largest absolute Gasteiger partial charge is 0.464 e. The molecule has 2 bridgehead atoms. The number of rotatable bonds is 7. The normalized spacial score (nSPS) is 26.0. The number of ether oxygens (including phenoxy) is 1. The van der Waals surface area contributed by atoms with E-state index in [0.717, 1.165) is 61.9 Å². The number of hydrogen-bond donors (Lipinski definition) is 2. The molecule has 1 amide bonds. The first-order chi connectivity index (χ1) is 13.5. The topological polar surface area (TPSA) is 90.1 Å². The van der Waals surface area contributed by atoms with E-state index < -0.39 is 0 Å². The van der Waals surface area contributed by atoms with Gasteiger partial charge in [-0.15, -0.1) is 0 Å². The van der Waals surface area contributed by atoms with Gasteiger partial charge >= 0.3 is 6.01 Å². The Hall–Kier alpha value is -2.63. The van der Waals surface area contributed by atoms with E-state index in [0.29, 0.717) is 12.6 Å². The van der Waals surface area contributed by atoms with E-state index in [9.17, 15) is 4.79 Å². The molecule has 1 heterocycles. The Bertz CT molecular complexity index is 825. The van der Waals surface area contributed by atoms with Crippen molar-refractivity contribution >= 4 is 11.6 Å². The van der Waals surface area contributed by atoms with Crippen LogP contribution in [0.1, 0.15) is 45.4 Å². The molecule has 3 fully saturated rings. The molecule has 0 radical (unpaired) electrons. The quantitative estimate of drug-likeness (QED) is 0.763. The highest BCUT2D eigenvalue weighted by molar-refractivity contribution is 5.81. The zero-order valence-corrected chi connectivity index (χ0v) is 16.4. The number of carbonyl (C=O) groups excluding carboxylic acids is 1. The van der Waals surface area contributed by atoms with Crippen LogP contribution in [-0.4, -0.2) is 29.0 Å². The van der Waals surface area contributed by atoms with Crippen LogP contribution in [0.25, 0.3) is 11.1 Å². The predicted octanol–water partition coefficient (Wildman–Crippen LogP) is 3.78. The Balaban J connectivity index is 1.41. The molecule has 5 rings (SSSR count). The Kier molecular flexibility index (Phi) is 4.96. The number of amides is 1. The van der Waals surface area contributed by atoms with Gasteiger partial charge in [-0.05, 0) is 68.6 Å². The van der Waals surface area contributed by atoms with Crippen LogP contribution >= 0.6 is 0 Å². The molecule has 148 valence electrons. The van der Waals surface area contributed by atoms with Crippen LogP contribution in [0, 0.1) is 10.8 Å². The molecule has 3 aliphatic carbocycles. The van der Waals surface area contributed by atoms with Gasteiger partial charge in [0, 0.05) is 35.6 Å². The van der Waals surface area contributed by atoms with E-state index in [1.165, 1.54) is 0 Å². The van der Waals surface area contributed by atoms with E-state index in [2.05, 4.69) is 33.5 Å². The van der Waals surface area contributed by atoms with Crippen LogP contribution < -0.4 is 15.8 Å². The summed E-state index contributed by atoms with van der Waals surface area (Å²) in [6, 6.07) is 8.74. The number of anilines is 1. The molecular weight excluding hydrogens is 352 g/mol. The fourth-order valence-corrected chi connectivity index (χ4v) is 4.67. The lowest BCUT2D eigenvalue weighted by molar-refractivity contribution is -0.136. The number of benzene rings is 1. The first-order valence-electron chi connectivity index (χ1n) is 10.1. The SMILES string of the molecule is CCOc1ncc(-c2cccc(NCC34CCC(C(N)=O)(CC3)CC4)c2)cn1. The average molecular weight is 380 g/mol. The summed E-state index contributed by atoms with van der Waals surface area (Å²) in [6.45, 7) is 3.41. The van der Waals surface area contributed by atoms with Crippen molar-refractivity contribution in [1.82, 2.24) is 9.97 Å². The average Bonchev–Trinajstić information content (AvgIpc) is 2.75. The van der Waals surface area contributed by atoms with Gasteiger partial charge in [-0.25, -0.2) is 9.97 Å². The van der Waals surface area contributed by atoms with Gasteiger partial charge in [-0.1, -0.05) is 12.1 Å². The van der Waals surface area contributed by atoms with Gasteiger partial charge < -0.3 is 15.8 Å². The minimum Gasteiger partial charge on any atom is -0.464 e. The van der Waals surface area contributed by atoms with Crippen molar-refractivity contribution in [2.24, 2.45) is 16.6 Å². The van der Waals surface area contributed by atoms with Crippen LogP contribution in [0.3, 0.4) is 0 Å². The lowest BCUT2D eigenvalue weighted by Crippen LogP contribution is -2.50. The van der Waals surface area contributed by atoms with Gasteiger partial charge in [0.1, 0.15) is 0 Å². The van der Waals surface area contributed by atoms with Crippen molar-refractivity contribution in [2.75, 3.05) is 18.5 Å². The summed E-state index contributed by atoms with van der Waals surface area (Å²) in [5, 5.41) is 3.63. The van der Waals surface area contributed by atoms with Crippen molar-refractivity contribution in [1.29, 1.82) is 0 Å². The van der Waals surface area contributed by atoms with Crippen LogP contribution in [0.4, 0.5) is 5.69 Å². The van der Waals surface area contributed by atoms with Crippen molar-refractivity contribution in [3.63, 3.8) is 0 Å². The molecule has 1 aromatic carbocycles. The zero-order chi connectivity index (χ0) is 19.6. The van der Waals surface area contributed by atoms with Crippen LogP contribution in [0.15, 0.2) is 36.7 Å². The van der Waals surface area contributed by atoms with Gasteiger partial charge in [-0.2, -0.15) is 0 Å². The maximum absolute atomic E-state index is 11.8. The van der Waals surface area contributed by atoms with Crippen molar-refractivity contribution in [2.45, 2.75) is 45.4 Å². The van der Waals surface area contributed by atoms with Crippen molar-refractivity contribution in [3.8, 4) is 17.1 Å². The van der Waals surface area contributed by atoms with Gasteiger partial charge in [0.05, 0.1) is 6.61 Å². The van der Waals surface area contributed by atoms with Gasteiger partial charge in [0.25, 0.3) is 0 Å². The molecule has 3 saturated carbocycles. The number of nitrogens with one attached hydrogen (secondary N) is 1. The number of primary amides is 1. The summed E-state index contributed by atoms with van der Waals surface area (Å²) in [5.74, 6) is -0.0981. The van der Waals surface area contributed by atoms with Crippen LogP contribution in [-0.2, 0) is 4.79 Å². The van der Waals surface area contributed by atoms with Crippen LogP contribution in [0.5, 0.6) is 6.01 Å². The number of hydrogen-bond acceptors (Lipinski definition) is 5. The molecule has 28 heavy (non-hydrogen) atoms. The first kappa shape index (κ1) is 18.7. The van der Waals surface area contributed by atoms with E-state index >= 15 is 0 Å². The highest BCUT2D eigenvalue weighted by Crippen LogP contribution is 2.56. The van der Waals surface area contributed by atoms with Gasteiger partial charge in [0.15, 0.2) is 0 Å². The molecule has 2 aromatic rings. The maximum Gasteiger partial charge on any atom is 0.316 e. The third kappa shape index (κ3) is 3.55. The van der Waals surface area contributed by atoms with Crippen molar-refractivity contribution < 1.29 is 9.53 Å². The molecule has 1 aromatic heterocycles. The third-order valence-electron chi connectivity index (χ3n) is 6.69. The molecule has 0 aliphatic heterocycles. The summed E-state index contributed by atoms with van der Waals surface area (Å²) < 4.78 is 5.31. The smallest absolute Gasteiger partial charge is 0.316 e. The monoisotopic (exact) mass is 380 g/mol. The molecule has 6 heteroatoms. The molecule has 3 aliphatic rings. The molecule has 0 atom stereocenters. The fraction of sp³-hybridized carbons (Fsp3) is 0.500. The molecule has 0 spiro atoms. The highest BCUT2D eigenvalue weighted by Gasteiger charge is 2.51. The van der Waals surface area contributed by atoms with Gasteiger partial charge in [0.2, 0.25) is 5.91 Å². The van der Waals surface area contributed by atoms with E-state index in [1.807, 2.05) is 13.0 Å². The van der Waals surface area contributed by atoms with E-state index in [1.54, 1.807) is 12.4 Å². The molecule has 0 unspecified atom stereocenters. The first-order valence-corrected chi connectivity index (χ1v) is 10.1. The molecular formula is C22H28N4O2. The second-order valence-corrected chi connectivity index (χ2v) is 8.27. The second kappa shape index (κ2) is 7.41. The number of nitrogens with two attached hydrogens (primary N) is 1. The molecule has 0 saturated heterocycles. The standard InChI is InChI=1S/C22H28N4O2/c1-2-28-20-24-13-17(14-25-20)16-4-3-5-18(12-16)26-15-21-6-9-22(10-7-21,11-8-21)19(23)27/h3-5,12-14,26H,2,6-11,15H2,1H3,(H2,23,27). The Labute approximate surface area is 165 Å². The van der Waals surface area contributed by atoms with Crippen molar-refractivity contribution in [3.05, 3.63) is 36.7 Å². The van der Waals surface area contributed by atoms with Crippen LogP contribution in [0.2, 0.25) is 0 Å². The minimum atomic E-state index is -0.227. The molecule has 6 nitrogen and oxygen atoms in total. The van der Waals surface area contributed by atoms with Gasteiger partial charge in [-0.3, -0.25) is 4.79 Å². The number of fused-ring (bicyclic) bond motifs is 3. The molecule has 3 N–H and O–H groups in total. The lowest BCUT2D eigenvalue weighted by atomic mass is 9.53. The Morgan fingerprint density at radius 3 is 2.39 bits per heavy atom. The summed E-state index contributed by atoms with van der Waals surface area (Å²) >= 11 is 0. The maximum atomic E-state index is 11.8. The third-order valence-corrected chi connectivity index (χ3v) is 6.69. The lowest BCUT2D eigenvalue weighted by Gasteiger charge is -2.52.